The van der Waals surface area contributed by atoms with Gasteiger partial charge in [0.05, 0.1) is 33.8 Å². The van der Waals surface area contributed by atoms with E-state index < -0.39 is 20.0 Å². The molecule has 0 rings (SSSR count). The Bertz CT molecular complexity index is 1630. The van der Waals surface area contributed by atoms with Crippen molar-refractivity contribution in [3.05, 3.63) is 85.1 Å². The standard InChI is InChI=1S/C69H125N2O7P/c1-7-10-13-16-19-22-25-27-29-31-33-35-37-39-41-43-46-49-52-55-58-61-68(72)70-66(65-77-79(74,75)76-64-63-71(4,5)6)67(60-57-54-51-48-45-24-21-18-15-12-9-3)78-69(73)62-59-56-53-50-47-44-42-40-38-36-34-32-30-28-26-23-20-17-14-11-8-2/h19-20,22-23,27-30,33,35,39,41,57,60,66-67H,7-18,21,24-26,31-32,34,36-38,40,42-56,58-59,61-65H2,1-6H3,(H-,70,72,74,75)/p+1/b22-19-,23-20-,29-27-,30-28-,35-33-,41-39-,60-57+. The van der Waals surface area contributed by atoms with Gasteiger partial charge in [0.25, 0.3) is 0 Å². The number of quaternary nitrogens is 1. The Morgan fingerprint density at radius 2 is 0.772 bits per heavy atom. The Labute approximate surface area is 488 Å². The minimum atomic E-state index is -4.46. The SMILES string of the molecule is CCCCC/C=C\C/C=C\C/C=C\C/C=C\CCCCCCCC(=O)NC(COP(=O)(O)OCC[N+](C)(C)C)C(/C=C/CCCCCCCCCCC)OC(=O)CCCCCCCCCCCCC/C=C\C/C=C\CCCCC. The molecule has 0 aliphatic rings. The first-order valence-electron chi connectivity index (χ1n) is 32.9. The summed E-state index contributed by atoms with van der Waals surface area (Å²) >= 11 is 0. The molecule has 0 bridgehead atoms. The fourth-order valence-corrected chi connectivity index (χ4v) is 9.93. The molecular formula is C69H126N2O7P+. The highest BCUT2D eigenvalue weighted by atomic mass is 31.2. The molecule has 1 amide bonds. The van der Waals surface area contributed by atoms with Crippen LogP contribution in [0.15, 0.2) is 85.1 Å². The van der Waals surface area contributed by atoms with Crippen LogP contribution in [0, 0.1) is 0 Å². The lowest BCUT2D eigenvalue weighted by molar-refractivity contribution is -0.870. The van der Waals surface area contributed by atoms with Crippen molar-refractivity contribution in [1.29, 1.82) is 0 Å². The van der Waals surface area contributed by atoms with E-state index in [1.54, 1.807) is 0 Å². The molecule has 9 nitrogen and oxygen atoms in total. The molecule has 3 unspecified atom stereocenters. The average Bonchev–Trinajstić information content (AvgIpc) is 3.41. The number of hydrogen-bond donors (Lipinski definition) is 2. The van der Waals surface area contributed by atoms with Crippen LogP contribution in [0.5, 0.6) is 0 Å². The molecule has 2 N–H and O–H groups in total. The van der Waals surface area contributed by atoms with Crippen molar-refractivity contribution in [1.82, 2.24) is 5.32 Å². The summed E-state index contributed by atoms with van der Waals surface area (Å²) in [6.07, 6.45) is 77.2. The number of nitrogens with zero attached hydrogens (tertiary/aromatic N) is 1. The van der Waals surface area contributed by atoms with Gasteiger partial charge in [-0.15, -0.1) is 0 Å². The molecule has 10 heteroatoms. The Kier molecular flexibility index (Phi) is 56.3. The van der Waals surface area contributed by atoms with E-state index in [0.29, 0.717) is 17.4 Å². The van der Waals surface area contributed by atoms with E-state index in [0.717, 1.165) is 103 Å². The predicted octanol–water partition coefficient (Wildman–Crippen LogP) is 20.6. The molecule has 458 valence electrons. The van der Waals surface area contributed by atoms with Crippen LogP contribution < -0.4 is 5.32 Å². The molecule has 0 aliphatic heterocycles. The van der Waals surface area contributed by atoms with E-state index in [2.05, 4.69) is 99.0 Å². The van der Waals surface area contributed by atoms with Crippen molar-refractivity contribution in [2.24, 2.45) is 0 Å². The maximum atomic E-state index is 13.6. The number of allylic oxidation sites excluding steroid dienone is 13. The van der Waals surface area contributed by atoms with Crippen molar-refractivity contribution < 1.29 is 37.3 Å². The number of esters is 1. The number of carbonyl (C=O) groups is 2. The predicted molar refractivity (Wildman–Crippen MR) is 341 cm³/mol. The monoisotopic (exact) mass is 1130 g/mol. The summed E-state index contributed by atoms with van der Waals surface area (Å²) in [4.78, 5) is 37.8. The summed E-state index contributed by atoms with van der Waals surface area (Å²) in [5, 5.41) is 3.05. The van der Waals surface area contributed by atoms with Crippen LogP contribution in [0.4, 0.5) is 0 Å². The number of likely N-dealkylation sites (N-methyl/N-ethyl adjacent to an activating group) is 1. The van der Waals surface area contributed by atoms with Gasteiger partial charge in [0.15, 0.2) is 0 Å². The second kappa shape index (κ2) is 58.4. The van der Waals surface area contributed by atoms with Crippen LogP contribution in [0.3, 0.4) is 0 Å². The number of unbranched alkanes of at least 4 members (excludes halogenated alkanes) is 31. The first-order valence-corrected chi connectivity index (χ1v) is 34.4. The van der Waals surface area contributed by atoms with Gasteiger partial charge in [-0.2, -0.15) is 0 Å². The maximum Gasteiger partial charge on any atom is 0.472 e. The minimum Gasteiger partial charge on any atom is -0.456 e. The highest BCUT2D eigenvalue weighted by Crippen LogP contribution is 2.43. The normalized spacial score (nSPS) is 14.2. The average molecular weight is 1130 g/mol. The third kappa shape index (κ3) is 59.6. The maximum absolute atomic E-state index is 13.6. The largest absolute Gasteiger partial charge is 0.472 e. The van der Waals surface area contributed by atoms with Crippen LogP contribution >= 0.6 is 7.82 Å². The van der Waals surface area contributed by atoms with Gasteiger partial charge < -0.3 is 19.4 Å². The summed E-state index contributed by atoms with van der Waals surface area (Å²) < 4.78 is 30.7. The van der Waals surface area contributed by atoms with Gasteiger partial charge in [-0.25, -0.2) is 4.57 Å². The van der Waals surface area contributed by atoms with E-state index in [-0.39, 0.29) is 31.5 Å². The lowest BCUT2D eigenvalue weighted by Crippen LogP contribution is -2.47. The Morgan fingerprint density at radius 3 is 1.18 bits per heavy atom. The number of nitrogens with one attached hydrogen (secondary N) is 1. The molecule has 0 aromatic heterocycles. The van der Waals surface area contributed by atoms with Gasteiger partial charge in [-0.1, -0.05) is 254 Å². The van der Waals surface area contributed by atoms with Crippen LogP contribution in [-0.2, 0) is 27.9 Å². The molecule has 0 saturated carbocycles. The van der Waals surface area contributed by atoms with Crippen LogP contribution in [0.1, 0.15) is 290 Å². The van der Waals surface area contributed by atoms with Crippen molar-refractivity contribution in [3.8, 4) is 0 Å². The van der Waals surface area contributed by atoms with Crippen LogP contribution in [0.2, 0.25) is 0 Å². The van der Waals surface area contributed by atoms with Crippen LogP contribution in [-0.4, -0.2) is 74.3 Å². The molecule has 0 aromatic rings. The Morgan fingerprint density at radius 1 is 0.443 bits per heavy atom. The molecule has 0 fully saturated rings. The Hall–Kier alpha value is -2.81. The lowest BCUT2D eigenvalue weighted by atomic mass is 10.0. The summed E-state index contributed by atoms with van der Waals surface area (Å²) in [7, 11) is 1.48. The first-order chi connectivity index (χ1) is 38.4. The molecule has 0 radical (unpaired) electrons. The Balaban J connectivity index is 5.19. The van der Waals surface area contributed by atoms with Gasteiger partial charge in [-0.3, -0.25) is 18.6 Å². The van der Waals surface area contributed by atoms with Crippen molar-refractivity contribution in [2.45, 2.75) is 303 Å². The zero-order chi connectivity index (χ0) is 57.9. The van der Waals surface area contributed by atoms with Crippen molar-refractivity contribution >= 4 is 19.7 Å². The molecule has 0 aromatic carbocycles. The number of amides is 1. The van der Waals surface area contributed by atoms with E-state index in [9.17, 15) is 19.0 Å². The third-order valence-electron chi connectivity index (χ3n) is 14.3. The number of phosphoric ester groups is 1. The minimum absolute atomic E-state index is 0.0329. The fraction of sp³-hybridized carbons (Fsp3) is 0.768. The summed E-state index contributed by atoms with van der Waals surface area (Å²) in [5.74, 6) is -0.527. The number of phosphoric acid groups is 1. The number of rotatable bonds is 59. The number of carbonyl (C=O) groups excluding carboxylic acids is 2. The molecule has 0 spiro atoms. The smallest absolute Gasteiger partial charge is 0.456 e. The van der Waals surface area contributed by atoms with E-state index in [1.165, 1.54) is 154 Å². The number of hydrogen-bond acceptors (Lipinski definition) is 6. The van der Waals surface area contributed by atoms with Gasteiger partial charge >= 0.3 is 13.8 Å². The van der Waals surface area contributed by atoms with E-state index in [1.807, 2.05) is 33.3 Å². The summed E-state index contributed by atoms with van der Waals surface area (Å²) in [6, 6.07) is -0.863. The second-order valence-corrected chi connectivity index (χ2v) is 24.7. The molecule has 0 saturated heterocycles. The van der Waals surface area contributed by atoms with E-state index in [4.69, 9.17) is 13.8 Å². The first kappa shape index (κ1) is 76.2. The second-order valence-electron chi connectivity index (χ2n) is 23.3. The van der Waals surface area contributed by atoms with Gasteiger partial charge in [-0.05, 0) is 109 Å². The van der Waals surface area contributed by atoms with Crippen LogP contribution in [0.25, 0.3) is 0 Å². The molecular weight excluding hydrogens is 1000 g/mol. The zero-order valence-electron chi connectivity index (χ0n) is 52.3. The highest BCUT2D eigenvalue weighted by molar-refractivity contribution is 7.47. The third-order valence-corrected chi connectivity index (χ3v) is 15.3. The quantitative estimate of drug-likeness (QED) is 0.0205. The van der Waals surface area contributed by atoms with Gasteiger partial charge in [0.1, 0.15) is 19.3 Å². The molecule has 0 aliphatic carbocycles. The summed E-state index contributed by atoms with van der Waals surface area (Å²) in [5.41, 5.74) is 0. The lowest BCUT2D eigenvalue weighted by Gasteiger charge is -2.27. The van der Waals surface area contributed by atoms with E-state index >= 15 is 0 Å². The summed E-state index contributed by atoms with van der Waals surface area (Å²) in [6.45, 7) is 6.95. The fourth-order valence-electron chi connectivity index (χ4n) is 9.19. The van der Waals surface area contributed by atoms with Crippen molar-refractivity contribution in [3.63, 3.8) is 0 Å². The van der Waals surface area contributed by atoms with Gasteiger partial charge in [0.2, 0.25) is 5.91 Å². The molecule has 79 heavy (non-hydrogen) atoms. The van der Waals surface area contributed by atoms with Gasteiger partial charge in [0, 0.05) is 12.8 Å². The van der Waals surface area contributed by atoms with Crippen molar-refractivity contribution in [2.75, 3.05) is 40.9 Å². The highest BCUT2D eigenvalue weighted by Gasteiger charge is 2.30. The molecule has 3 atom stereocenters. The molecule has 0 heterocycles. The zero-order valence-corrected chi connectivity index (χ0v) is 53.2. The topological polar surface area (TPSA) is 111 Å². The number of ether oxygens (including phenoxy) is 1.